The number of nitrogens with zero attached hydrogens (tertiary/aromatic N) is 3. The quantitative estimate of drug-likeness (QED) is 0.494. The Morgan fingerprint density at radius 1 is 1.35 bits per heavy atom. The third kappa shape index (κ3) is 3.49. The standard InChI is InChI=1S/C14H14ClN3OS/c1-18(9-10-6-4-3-5-7-10)13(19)11-8-16-14(20-2)17-12(11)15/h3-8H,9H2,1-2H3. The summed E-state index contributed by atoms with van der Waals surface area (Å²) in [6.45, 7) is 0.514. The lowest BCUT2D eigenvalue weighted by Crippen LogP contribution is -2.26. The van der Waals surface area contributed by atoms with Crippen LogP contribution in [0, 0.1) is 0 Å². The summed E-state index contributed by atoms with van der Waals surface area (Å²) in [5.41, 5.74) is 1.38. The van der Waals surface area contributed by atoms with Gasteiger partial charge in [-0.05, 0) is 11.8 Å². The summed E-state index contributed by atoms with van der Waals surface area (Å²) in [4.78, 5) is 22.1. The number of hydrogen-bond donors (Lipinski definition) is 0. The van der Waals surface area contributed by atoms with Crippen molar-refractivity contribution in [3.8, 4) is 0 Å². The first kappa shape index (κ1) is 14.8. The van der Waals surface area contributed by atoms with E-state index in [4.69, 9.17) is 11.6 Å². The molecule has 1 aromatic heterocycles. The Labute approximate surface area is 127 Å². The Bertz CT molecular complexity index is 607. The van der Waals surface area contributed by atoms with Gasteiger partial charge in [0.15, 0.2) is 5.16 Å². The molecule has 0 aliphatic rings. The topological polar surface area (TPSA) is 46.1 Å². The van der Waals surface area contributed by atoms with E-state index in [1.165, 1.54) is 18.0 Å². The predicted molar refractivity (Wildman–Crippen MR) is 81.1 cm³/mol. The van der Waals surface area contributed by atoms with E-state index < -0.39 is 0 Å². The summed E-state index contributed by atoms with van der Waals surface area (Å²) in [6, 6.07) is 9.77. The molecule has 0 saturated heterocycles. The van der Waals surface area contributed by atoms with E-state index in [2.05, 4.69) is 9.97 Å². The number of rotatable bonds is 4. The summed E-state index contributed by atoms with van der Waals surface area (Å²) in [5.74, 6) is -0.188. The molecule has 104 valence electrons. The highest BCUT2D eigenvalue weighted by Crippen LogP contribution is 2.18. The number of amides is 1. The maximum atomic E-state index is 12.3. The molecule has 6 heteroatoms. The number of thioether (sulfide) groups is 1. The van der Waals surface area contributed by atoms with Crippen LogP contribution in [0.4, 0.5) is 0 Å². The van der Waals surface area contributed by atoms with Crippen molar-refractivity contribution in [1.29, 1.82) is 0 Å². The number of aromatic nitrogens is 2. The fourth-order valence-electron chi connectivity index (χ4n) is 1.72. The van der Waals surface area contributed by atoms with Gasteiger partial charge in [0.05, 0.1) is 5.56 Å². The summed E-state index contributed by atoms with van der Waals surface area (Å²) in [5, 5.41) is 0.742. The minimum atomic E-state index is -0.188. The van der Waals surface area contributed by atoms with Gasteiger partial charge in [0, 0.05) is 19.8 Å². The van der Waals surface area contributed by atoms with Gasteiger partial charge < -0.3 is 4.90 Å². The highest BCUT2D eigenvalue weighted by Gasteiger charge is 2.17. The molecule has 0 bridgehead atoms. The van der Waals surface area contributed by atoms with Crippen LogP contribution >= 0.6 is 23.4 Å². The summed E-state index contributed by atoms with van der Waals surface area (Å²) in [7, 11) is 1.73. The number of carbonyl (C=O) groups excluding carboxylic acids is 1. The van der Waals surface area contributed by atoms with Crippen molar-refractivity contribution < 1.29 is 4.79 Å². The molecule has 2 aromatic rings. The molecule has 0 N–H and O–H groups in total. The van der Waals surface area contributed by atoms with E-state index in [1.54, 1.807) is 11.9 Å². The van der Waals surface area contributed by atoms with Crippen molar-refractivity contribution in [2.75, 3.05) is 13.3 Å². The smallest absolute Gasteiger partial charge is 0.258 e. The first-order valence-electron chi connectivity index (χ1n) is 5.97. The van der Waals surface area contributed by atoms with Crippen LogP contribution in [0.15, 0.2) is 41.7 Å². The Hall–Kier alpha value is -1.59. The van der Waals surface area contributed by atoms with Crippen LogP contribution in [-0.2, 0) is 6.54 Å². The maximum Gasteiger partial charge on any atom is 0.258 e. The minimum Gasteiger partial charge on any atom is -0.337 e. The highest BCUT2D eigenvalue weighted by molar-refractivity contribution is 7.98. The minimum absolute atomic E-state index is 0.188. The average molecular weight is 308 g/mol. The second kappa shape index (κ2) is 6.72. The molecular formula is C14H14ClN3OS. The molecule has 0 unspecified atom stereocenters. The van der Waals surface area contributed by atoms with Crippen molar-refractivity contribution in [3.63, 3.8) is 0 Å². The zero-order chi connectivity index (χ0) is 14.5. The van der Waals surface area contributed by atoms with E-state index in [0.29, 0.717) is 17.3 Å². The van der Waals surface area contributed by atoms with Crippen LogP contribution in [0.25, 0.3) is 0 Å². The molecular weight excluding hydrogens is 294 g/mol. The van der Waals surface area contributed by atoms with Gasteiger partial charge in [-0.25, -0.2) is 9.97 Å². The van der Waals surface area contributed by atoms with Crippen LogP contribution in [-0.4, -0.2) is 34.1 Å². The van der Waals surface area contributed by atoms with Crippen molar-refractivity contribution in [2.45, 2.75) is 11.7 Å². The molecule has 20 heavy (non-hydrogen) atoms. The first-order valence-corrected chi connectivity index (χ1v) is 7.58. The average Bonchev–Trinajstić information content (AvgIpc) is 2.47. The van der Waals surface area contributed by atoms with Gasteiger partial charge >= 0.3 is 0 Å². The first-order chi connectivity index (χ1) is 9.61. The Balaban J connectivity index is 2.14. The van der Waals surface area contributed by atoms with Crippen LogP contribution in [0.2, 0.25) is 5.15 Å². The second-order valence-corrected chi connectivity index (χ2v) is 5.34. The van der Waals surface area contributed by atoms with Gasteiger partial charge in [-0.15, -0.1) is 0 Å². The lowest BCUT2D eigenvalue weighted by atomic mass is 10.2. The normalized spacial score (nSPS) is 10.3. The van der Waals surface area contributed by atoms with Gasteiger partial charge in [-0.1, -0.05) is 53.7 Å². The third-order valence-corrected chi connectivity index (χ3v) is 3.59. The second-order valence-electron chi connectivity index (χ2n) is 4.21. The Kier molecular flexibility index (Phi) is 4.98. The van der Waals surface area contributed by atoms with Gasteiger partial charge in [0.1, 0.15) is 5.15 Å². The molecule has 0 fully saturated rings. The van der Waals surface area contributed by atoms with Gasteiger partial charge in [-0.3, -0.25) is 4.79 Å². The number of hydrogen-bond acceptors (Lipinski definition) is 4. The van der Waals surface area contributed by atoms with E-state index in [-0.39, 0.29) is 11.1 Å². The maximum absolute atomic E-state index is 12.3. The summed E-state index contributed by atoms with van der Waals surface area (Å²) < 4.78 is 0. The monoisotopic (exact) mass is 307 g/mol. The van der Waals surface area contributed by atoms with Crippen molar-refractivity contribution >= 4 is 29.3 Å². The fourth-order valence-corrected chi connectivity index (χ4v) is 2.32. The van der Waals surface area contributed by atoms with Crippen LogP contribution in [0.3, 0.4) is 0 Å². The lowest BCUT2D eigenvalue weighted by molar-refractivity contribution is 0.0784. The van der Waals surface area contributed by atoms with Crippen molar-refractivity contribution in [2.24, 2.45) is 0 Å². The van der Waals surface area contributed by atoms with Gasteiger partial charge in [-0.2, -0.15) is 0 Å². The molecule has 1 heterocycles. The van der Waals surface area contributed by atoms with E-state index >= 15 is 0 Å². The van der Waals surface area contributed by atoms with E-state index in [9.17, 15) is 4.79 Å². The molecule has 0 radical (unpaired) electrons. The molecule has 1 aromatic carbocycles. The molecule has 0 spiro atoms. The molecule has 0 aliphatic heterocycles. The molecule has 0 saturated carbocycles. The predicted octanol–water partition coefficient (Wildman–Crippen LogP) is 3.12. The third-order valence-electron chi connectivity index (χ3n) is 2.74. The lowest BCUT2D eigenvalue weighted by Gasteiger charge is -2.17. The Morgan fingerprint density at radius 3 is 2.65 bits per heavy atom. The largest absolute Gasteiger partial charge is 0.337 e. The molecule has 4 nitrogen and oxygen atoms in total. The number of benzene rings is 1. The number of halogens is 1. The molecule has 0 atom stereocenters. The summed E-state index contributed by atoms with van der Waals surface area (Å²) in [6.07, 6.45) is 3.33. The van der Waals surface area contributed by atoms with Crippen molar-refractivity contribution in [3.05, 3.63) is 52.8 Å². The van der Waals surface area contributed by atoms with E-state index in [1.807, 2.05) is 36.6 Å². The zero-order valence-electron chi connectivity index (χ0n) is 11.2. The molecule has 0 aliphatic carbocycles. The zero-order valence-corrected chi connectivity index (χ0v) is 12.8. The Morgan fingerprint density at radius 2 is 2.05 bits per heavy atom. The molecule has 2 rings (SSSR count). The van der Waals surface area contributed by atoms with E-state index in [0.717, 1.165) is 5.56 Å². The number of carbonyl (C=O) groups is 1. The summed E-state index contributed by atoms with van der Waals surface area (Å²) >= 11 is 7.42. The van der Waals surface area contributed by atoms with Gasteiger partial charge in [0.25, 0.3) is 5.91 Å². The van der Waals surface area contributed by atoms with Crippen LogP contribution in [0.1, 0.15) is 15.9 Å². The SMILES string of the molecule is CSc1ncc(C(=O)N(C)Cc2ccccc2)c(Cl)n1. The van der Waals surface area contributed by atoms with Crippen LogP contribution < -0.4 is 0 Å². The molecule has 1 amide bonds. The fraction of sp³-hybridized carbons (Fsp3) is 0.214. The highest BCUT2D eigenvalue weighted by atomic mass is 35.5. The van der Waals surface area contributed by atoms with Crippen LogP contribution in [0.5, 0.6) is 0 Å². The van der Waals surface area contributed by atoms with Gasteiger partial charge in [0.2, 0.25) is 0 Å². The van der Waals surface area contributed by atoms with Crippen molar-refractivity contribution in [1.82, 2.24) is 14.9 Å².